The van der Waals surface area contributed by atoms with Crippen molar-refractivity contribution >= 4 is 17.2 Å². The molecule has 1 fully saturated rings. The molecule has 1 saturated heterocycles. The van der Waals surface area contributed by atoms with Gasteiger partial charge in [0, 0.05) is 38.1 Å². The summed E-state index contributed by atoms with van der Waals surface area (Å²) in [6.45, 7) is 6.72. The van der Waals surface area contributed by atoms with Crippen molar-refractivity contribution in [1.82, 2.24) is 14.8 Å². The normalized spacial score (nSPS) is 14.3. The van der Waals surface area contributed by atoms with Gasteiger partial charge in [0.2, 0.25) is 0 Å². The molecule has 0 N–H and O–H groups in total. The summed E-state index contributed by atoms with van der Waals surface area (Å²) in [6.07, 6.45) is 0.983. The number of hydrogen-bond acceptors (Lipinski definition) is 6. The van der Waals surface area contributed by atoms with Crippen LogP contribution in [0.2, 0.25) is 0 Å². The van der Waals surface area contributed by atoms with Gasteiger partial charge in [0.25, 0.3) is 5.91 Å². The Morgan fingerprint density at radius 1 is 0.969 bits per heavy atom. The Bertz CT molecular complexity index is 983. The summed E-state index contributed by atoms with van der Waals surface area (Å²) in [5.41, 5.74) is 2.25. The van der Waals surface area contributed by atoms with Gasteiger partial charge in [-0.1, -0.05) is 37.3 Å². The van der Waals surface area contributed by atoms with Crippen LogP contribution >= 0.6 is 11.3 Å². The van der Waals surface area contributed by atoms with Gasteiger partial charge < -0.3 is 14.4 Å². The third-order valence-electron chi connectivity index (χ3n) is 5.45. The van der Waals surface area contributed by atoms with Gasteiger partial charge in [-0.3, -0.25) is 9.69 Å². The van der Waals surface area contributed by atoms with Crippen LogP contribution in [0.1, 0.15) is 23.2 Å². The molecule has 168 valence electrons. The molecule has 2 aromatic carbocycles. The molecule has 3 aromatic rings. The van der Waals surface area contributed by atoms with Crippen LogP contribution in [0, 0.1) is 0 Å². The number of thiazole rings is 1. The van der Waals surface area contributed by atoms with Crippen molar-refractivity contribution in [2.75, 3.05) is 32.8 Å². The molecule has 0 atom stereocenters. The van der Waals surface area contributed by atoms with Gasteiger partial charge in [0.15, 0.2) is 6.61 Å². The summed E-state index contributed by atoms with van der Waals surface area (Å²) in [5, 5.41) is 3.32. The van der Waals surface area contributed by atoms with E-state index in [0.29, 0.717) is 12.4 Å². The molecule has 32 heavy (non-hydrogen) atoms. The zero-order chi connectivity index (χ0) is 22.2. The lowest BCUT2D eigenvalue weighted by Gasteiger charge is -2.34. The number of aryl methyl sites for hydroxylation is 1. The molecule has 0 saturated carbocycles. The number of piperazine rings is 1. The fraction of sp³-hybridized carbons (Fsp3) is 0.360. The van der Waals surface area contributed by atoms with E-state index < -0.39 is 0 Å². The van der Waals surface area contributed by atoms with Crippen molar-refractivity contribution in [3.63, 3.8) is 0 Å². The molecule has 4 rings (SSSR count). The molecule has 6 nitrogen and oxygen atoms in total. The summed E-state index contributed by atoms with van der Waals surface area (Å²) in [7, 11) is 0. The highest BCUT2D eigenvalue weighted by atomic mass is 32.1. The minimum atomic E-state index is 0.0241. The van der Waals surface area contributed by atoms with Crippen LogP contribution < -0.4 is 9.47 Å². The van der Waals surface area contributed by atoms with Crippen molar-refractivity contribution in [2.45, 2.75) is 26.5 Å². The van der Waals surface area contributed by atoms with Crippen molar-refractivity contribution < 1.29 is 14.3 Å². The van der Waals surface area contributed by atoms with Gasteiger partial charge >= 0.3 is 0 Å². The molecule has 0 spiro atoms. The molecule has 2 heterocycles. The van der Waals surface area contributed by atoms with Crippen LogP contribution in [-0.4, -0.2) is 53.5 Å². The minimum absolute atomic E-state index is 0.0241. The van der Waals surface area contributed by atoms with E-state index >= 15 is 0 Å². The van der Waals surface area contributed by atoms with Crippen molar-refractivity contribution in [3.8, 4) is 11.5 Å². The smallest absolute Gasteiger partial charge is 0.260 e. The SMILES string of the molecule is CCc1nc(CN2CCN(C(=O)COc3ccc(OCc4ccccc4)cc3)CC2)cs1. The van der Waals surface area contributed by atoms with Gasteiger partial charge in [-0.25, -0.2) is 4.98 Å². The minimum Gasteiger partial charge on any atom is -0.489 e. The van der Waals surface area contributed by atoms with Crippen molar-refractivity contribution in [1.29, 1.82) is 0 Å². The average Bonchev–Trinajstić information content (AvgIpc) is 3.30. The third-order valence-corrected chi connectivity index (χ3v) is 6.49. The Labute approximate surface area is 193 Å². The maximum atomic E-state index is 12.6. The van der Waals surface area contributed by atoms with Crippen molar-refractivity contribution in [3.05, 3.63) is 76.2 Å². The van der Waals surface area contributed by atoms with Crippen LogP contribution in [-0.2, 0) is 24.4 Å². The molecule has 0 radical (unpaired) electrons. The fourth-order valence-electron chi connectivity index (χ4n) is 3.58. The van der Waals surface area contributed by atoms with Crippen LogP contribution in [0.3, 0.4) is 0 Å². The maximum Gasteiger partial charge on any atom is 0.260 e. The Hall–Kier alpha value is -2.90. The molecule has 1 aromatic heterocycles. The number of carbonyl (C=O) groups excluding carboxylic acids is 1. The Kier molecular flexibility index (Phi) is 7.74. The average molecular weight is 452 g/mol. The summed E-state index contributed by atoms with van der Waals surface area (Å²) in [6, 6.07) is 17.4. The highest BCUT2D eigenvalue weighted by Gasteiger charge is 2.22. The van der Waals surface area contributed by atoms with E-state index in [-0.39, 0.29) is 12.5 Å². The van der Waals surface area contributed by atoms with Gasteiger partial charge in [0.1, 0.15) is 18.1 Å². The largest absolute Gasteiger partial charge is 0.489 e. The van der Waals surface area contributed by atoms with Crippen LogP contribution in [0.4, 0.5) is 0 Å². The van der Waals surface area contributed by atoms with E-state index in [0.717, 1.165) is 56.2 Å². The van der Waals surface area contributed by atoms with E-state index in [9.17, 15) is 4.79 Å². The Morgan fingerprint density at radius 2 is 1.66 bits per heavy atom. The number of amides is 1. The number of hydrogen-bond donors (Lipinski definition) is 0. The first-order valence-corrected chi connectivity index (χ1v) is 11.9. The van der Waals surface area contributed by atoms with E-state index in [1.165, 1.54) is 5.01 Å². The third kappa shape index (κ3) is 6.31. The summed E-state index contributed by atoms with van der Waals surface area (Å²) < 4.78 is 11.5. The second kappa shape index (κ2) is 11.1. The van der Waals surface area contributed by atoms with Crippen molar-refractivity contribution in [2.24, 2.45) is 0 Å². The van der Waals surface area contributed by atoms with Crippen LogP contribution in [0.15, 0.2) is 60.0 Å². The second-order valence-electron chi connectivity index (χ2n) is 7.78. The van der Waals surface area contributed by atoms with Gasteiger partial charge in [-0.2, -0.15) is 0 Å². The molecule has 7 heteroatoms. The number of carbonyl (C=O) groups is 1. The van der Waals surface area contributed by atoms with E-state index in [1.54, 1.807) is 11.3 Å². The number of benzene rings is 2. The molecular weight excluding hydrogens is 422 g/mol. The molecule has 0 bridgehead atoms. The molecule has 1 aliphatic heterocycles. The van der Waals surface area contributed by atoms with Crippen LogP contribution in [0.25, 0.3) is 0 Å². The van der Waals surface area contributed by atoms with Gasteiger partial charge in [-0.05, 0) is 36.2 Å². The molecule has 1 amide bonds. The topological polar surface area (TPSA) is 54.9 Å². The zero-order valence-corrected chi connectivity index (χ0v) is 19.2. The number of ether oxygens (including phenoxy) is 2. The lowest BCUT2D eigenvalue weighted by atomic mass is 10.2. The highest BCUT2D eigenvalue weighted by Crippen LogP contribution is 2.19. The lowest BCUT2D eigenvalue weighted by Crippen LogP contribution is -2.49. The quantitative estimate of drug-likeness (QED) is 0.492. The monoisotopic (exact) mass is 451 g/mol. The predicted octanol–water partition coefficient (Wildman–Crippen LogP) is 4.01. The molecule has 1 aliphatic rings. The summed E-state index contributed by atoms with van der Waals surface area (Å²) >= 11 is 1.72. The van der Waals surface area contributed by atoms with E-state index in [1.807, 2.05) is 59.5 Å². The standard InChI is InChI=1S/C25H29N3O3S/c1-2-24-26-21(19-32-24)16-27-12-14-28(15-13-27)25(29)18-31-23-10-8-22(9-11-23)30-17-20-6-4-3-5-7-20/h3-11,19H,2,12-18H2,1H3. The highest BCUT2D eigenvalue weighted by molar-refractivity contribution is 7.09. The fourth-order valence-corrected chi connectivity index (χ4v) is 4.31. The van der Waals surface area contributed by atoms with Gasteiger partial charge in [-0.15, -0.1) is 11.3 Å². The zero-order valence-electron chi connectivity index (χ0n) is 18.4. The number of nitrogens with zero attached hydrogens (tertiary/aromatic N) is 3. The number of aromatic nitrogens is 1. The maximum absolute atomic E-state index is 12.6. The number of rotatable bonds is 9. The molecular formula is C25H29N3O3S. The first-order chi connectivity index (χ1) is 15.7. The first-order valence-electron chi connectivity index (χ1n) is 11.0. The van der Waals surface area contributed by atoms with E-state index in [2.05, 4.69) is 22.2 Å². The second-order valence-corrected chi connectivity index (χ2v) is 8.72. The Balaban J connectivity index is 1.17. The first kappa shape index (κ1) is 22.3. The lowest BCUT2D eigenvalue weighted by molar-refractivity contribution is -0.135. The summed E-state index contributed by atoms with van der Waals surface area (Å²) in [4.78, 5) is 21.4. The molecule has 0 aliphatic carbocycles. The summed E-state index contributed by atoms with van der Waals surface area (Å²) in [5.74, 6) is 1.46. The Morgan fingerprint density at radius 3 is 2.31 bits per heavy atom. The van der Waals surface area contributed by atoms with Gasteiger partial charge in [0.05, 0.1) is 10.7 Å². The van der Waals surface area contributed by atoms with E-state index in [4.69, 9.17) is 9.47 Å². The van der Waals surface area contributed by atoms with Crippen LogP contribution in [0.5, 0.6) is 11.5 Å². The predicted molar refractivity (Wildman–Crippen MR) is 126 cm³/mol. The molecule has 0 unspecified atom stereocenters.